The van der Waals surface area contributed by atoms with Crippen LogP contribution in [-0.4, -0.2) is 47.2 Å². The van der Waals surface area contributed by atoms with Crippen molar-refractivity contribution in [2.75, 3.05) is 11.9 Å². The number of fused-ring (bicyclic) bond motifs is 2. The van der Waals surface area contributed by atoms with Crippen LogP contribution in [0.15, 0.2) is 66.0 Å². The molecule has 3 heterocycles. The van der Waals surface area contributed by atoms with E-state index in [1.165, 1.54) is 12.7 Å². The first kappa shape index (κ1) is 23.0. The molecule has 1 atom stereocenters. The molecular formula is C25H24N8O3. The first-order chi connectivity index (χ1) is 17.5. The third-order valence-corrected chi connectivity index (χ3v) is 5.94. The zero-order valence-corrected chi connectivity index (χ0v) is 19.5. The van der Waals surface area contributed by atoms with Crippen molar-refractivity contribution in [1.82, 2.24) is 34.8 Å². The predicted octanol–water partition coefficient (Wildman–Crippen LogP) is 3.56. The highest BCUT2D eigenvalue weighted by Crippen LogP contribution is 2.27. The summed E-state index contributed by atoms with van der Waals surface area (Å²) in [6.07, 6.45) is 2.83. The average Bonchev–Trinajstić information content (AvgIpc) is 3.36. The quantitative estimate of drug-likeness (QED) is 0.244. The third-order valence-electron chi connectivity index (χ3n) is 5.94. The van der Waals surface area contributed by atoms with Gasteiger partial charge < -0.3 is 20.7 Å². The maximum Gasteiger partial charge on any atom is 0.404 e. The molecule has 3 aromatic heterocycles. The molecule has 11 nitrogen and oxygen atoms in total. The second kappa shape index (κ2) is 9.82. The van der Waals surface area contributed by atoms with Gasteiger partial charge in [-0.25, -0.2) is 24.7 Å². The molecule has 1 amide bonds. The number of nitrogens with one attached hydrogen (secondary N) is 3. The van der Waals surface area contributed by atoms with Crippen LogP contribution in [0.5, 0.6) is 0 Å². The van der Waals surface area contributed by atoms with Gasteiger partial charge in [-0.1, -0.05) is 30.3 Å². The molecule has 5 aromatic rings. The predicted molar refractivity (Wildman–Crippen MR) is 135 cm³/mol. The van der Waals surface area contributed by atoms with Gasteiger partial charge in [-0.15, -0.1) is 0 Å². The lowest BCUT2D eigenvalue weighted by atomic mass is 10.1. The zero-order chi connectivity index (χ0) is 25.1. The number of aryl methyl sites for hydroxylation is 1. The van der Waals surface area contributed by atoms with Crippen LogP contribution < -0.4 is 16.2 Å². The Morgan fingerprint density at radius 3 is 2.75 bits per heavy atom. The van der Waals surface area contributed by atoms with Crippen LogP contribution in [0, 0.1) is 6.92 Å². The Labute approximate surface area is 205 Å². The monoisotopic (exact) mass is 484 g/mol. The minimum Gasteiger partial charge on any atom is -0.465 e. The Kier molecular flexibility index (Phi) is 6.27. The molecule has 0 saturated heterocycles. The lowest BCUT2D eigenvalue weighted by Gasteiger charge is -2.23. The molecule has 0 radical (unpaired) electrons. The van der Waals surface area contributed by atoms with Crippen molar-refractivity contribution in [1.29, 1.82) is 0 Å². The minimum atomic E-state index is -1.09. The number of amides is 1. The number of hydrogen-bond donors (Lipinski definition) is 4. The summed E-state index contributed by atoms with van der Waals surface area (Å²) >= 11 is 0. The van der Waals surface area contributed by atoms with E-state index in [0.29, 0.717) is 52.2 Å². The normalized spacial score (nSPS) is 12.0. The molecule has 0 fully saturated rings. The molecule has 4 N–H and O–H groups in total. The Morgan fingerprint density at radius 1 is 1.11 bits per heavy atom. The van der Waals surface area contributed by atoms with E-state index in [9.17, 15) is 9.59 Å². The number of H-pyrrole nitrogens is 1. The number of carboxylic acid groups (broad SMARTS) is 1. The second-order valence-electron chi connectivity index (χ2n) is 8.31. The van der Waals surface area contributed by atoms with Gasteiger partial charge in [0.2, 0.25) is 0 Å². The number of carbonyl (C=O) groups is 1. The summed E-state index contributed by atoms with van der Waals surface area (Å²) in [5.74, 6) is 0.998. The summed E-state index contributed by atoms with van der Waals surface area (Å²) in [5.41, 5.74) is 3.06. The van der Waals surface area contributed by atoms with Crippen molar-refractivity contribution in [3.05, 3.63) is 82.9 Å². The van der Waals surface area contributed by atoms with Gasteiger partial charge in [-0.05, 0) is 43.5 Å². The van der Waals surface area contributed by atoms with E-state index in [0.717, 1.165) is 5.56 Å². The third kappa shape index (κ3) is 4.45. The Morgan fingerprint density at radius 2 is 1.94 bits per heavy atom. The Hall–Kier alpha value is -4.80. The van der Waals surface area contributed by atoms with Crippen molar-refractivity contribution in [3.63, 3.8) is 0 Å². The molecular weight excluding hydrogens is 460 g/mol. The standard InChI is InChI=1S/C25H24N8O3/c1-15-7-5-10-17-19(15)24(34)33(16-8-3-2-4-9-16)23(32-17)18(11-6-12-26-25(35)36)31-22-20-21(28-13-27-20)29-14-30-22/h2-5,7-10,13-14,18,26H,6,11-12H2,1H3,(H,35,36)(H2,27,28,29,30,31). The van der Waals surface area contributed by atoms with E-state index < -0.39 is 12.1 Å². The molecule has 182 valence electrons. The highest BCUT2D eigenvalue weighted by Gasteiger charge is 2.23. The van der Waals surface area contributed by atoms with Gasteiger partial charge in [0.05, 0.1) is 29.0 Å². The van der Waals surface area contributed by atoms with E-state index in [-0.39, 0.29) is 12.1 Å². The van der Waals surface area contributed by atoms with E-state index in [1.807, 2.05) is 55.5 Å². The fourth-order valence-electron chi connectivity index (χ4n) is 4.28. The summed E-state index contributed by atoms with van der Waals surface area (Å²) in [6.45, 7) is 2.14. The number of benzene rings is 2. The number of anilines is 1. The number of aromatic nitrogens is 6. The Bertz CT molecular complexity index is 1600. The number of aromatic amines is 1. The summed E-state index contributed by atoms with van der Waals surface area (Å²) < 4.78 is 1.61. The van der Waals surface area contributed by atoms with E-state index in [2.05, 4.69) is 30.6 Å². The van der Waals surface area contributed by atoms with E-state index in [4.69, 9.17) is 10.1 Å². The van der Waals surface area contributed by atoms with Crippen LogP contribution in [0.4, 0.5) is 10.6 Å². The Balaban J connectivity index is 1.67. The van der Waals surface area contributed by atoms with Gasteiger partial charge in [0.1, 0.15) is 17.7 Å². The molecule has 11 heteroatoms. The van der Waals surface area contributed by atoms with E-state index >= 15 is 0 Å². The topological polar surface area (TPSA) is 151 Å². The highest BCUT2D eigenvalue weighted by molar-refractivity contribution is 5.83. The lowest BCUT2D eigenvalue weighted by molar-refractivity contribution is 0.194. The zero-order valence-electron chi connectivity index (χ0n) is 19.5. The second-order valence-corrected chi connectivity index (χ2v) is 8.31. The number of hydrogen-bond acceptors (Lipinski definition) is 7. The fraction of sp³-hybridized carbons (Fsp3) is 0.200. The first-order valence-corrected chi connectivity index (χ1v) is 11.5. The smallest absolute Gasteiger partial charge is 0.404 e. The van der Waals surface area contributed by atoms with Crippen molar-refractivity contribution in [3.8, 4) is 5.69 Å². The molecule has 0 bridgehead atoms. The van der Waals surface area contributed by atoms with Crippen molar-refractivity contribution in [2.45, 2.75) is 25.8 Å². The summed E-state index contributed by atoms with van der Waals surface area (Å²) in [7, 11) is 0. The molecule has 0 aliphatic carbocycles. The minimum absolute atomic E-state index is 0.177. The SMILES string of the molecule is Cc1cccc2nc(C(CCCNC(=O)O)Nc3ncnc4nc[nH]c34)n(-c3ccccc3)c(=O)c12. The highest BCUT2D eigenvalue weighted by atomic mass is 16.4. The van der Waals surface area contributed by atoms with Crippen LogP contribution in [-0.2, 0) is 0 Å². The molecule has 0 aliphatic rings. The summed E-state index contributed by atoms with van der Waals surface area (Å²) in [4.78, 5) is 45.6. The molecule has 0 aliphatic heterocycles. The maximum absolute atomic E-state index is 13.9. The lowest BCUT2D eigenvalue weighted by Crippen LogP contribution is -2.29. The number of imidazole rings is 1. The molecule has 0 spiro atoms. The molecule has 5 rings (SSSR count). The van der Waals surface area contributed by atoms with Gasteiger partial charge in [0.15, 0.2) is 11.5 Å². The molecule has 2 aromatic carbocycles. The largest absolute Gasteiger partial charge is 0.465 e. The van der Waals surface area contributed by atoms with Crippen LogP contribution in [0.2, 0.25) is 0 Å². The number of rotatable bonds is 8. The van der Waals surface area contributed by atoms with Crippen molar-refractivity contribution in [2.24, 2.45) is 0 Å². The number of para-hydroxylation sites is 1. The first-order valence-electron chi connectivity index (χ1n) is 11.5. The van der Waals surface area contributed by atoms with Crippen molar-refractivity contribution >= 4 is 34.0 Å². The maximum atomic E-state index is 13.9. The molecule has 1 unspecified atom stereocenters. The van der Waals surface area contributed by atoms with Crippen LogP contribution in [0.1, 0.15) is 30.3 Å². The van der Waals surface area contributed by atoms with Gasteiger partial charge in [-0.2, -0.15) is 0 Å². The van der Waals surface area contributed by atoms with Crippen LogP contribution >= 0.6 is 0 Å². The average molecular weight is 485 g/mol. The van der Waals surface area contributed by atoms with Gasteiger partial charge in [0, 0.05) is 6.54 Å². The van der Waals surface area contributed by atoms with Gasteiger partial charge in [-0.3, -0.25) is 9.36 Å². The van der Waals surface area contributed by atoms with Crippen LogP contribution in [0.3, 0.4) is 0 Å². The summed E-state index contributed by atoms with van der Waals surface area (Å²) in [5, 5.41) is 15.3. The molecule has 36 heavy (non-hydrogen) atoms. The summed E-state index contributed by atoms with van der Waals surface area (Å²) in [6, 6.07) is 14.4. The van der Waals surface area contributed by atoms with Gasteiger partial charge in [0.25, 0.3) is 5.56 Å². The van der Waals surface area contributed by atoms with Gasteiger partial charge >= 0.3 is 6.09 Å². The van der Waals surface area contributed by atoms with E-state index in [1.54, 1.807) is 4.57 Å². The van der Waals surface area contributed by atoms with Crippen molar-refractivity contribution < 1.29 is 9.90 Å². The fourth-order valence-corrected chi connectivity index (χ4v) is 4.28. The molecule has 0 saturated carbocycles. The number of nitrogens with zero attached hydrogens (tertiary/aromatic N) is 5. The van der Waals surface area contributed by atoms with Crippen LogP contribution in [0.25, 0.3) is 27.8 Å².